The van der Waals surface area contributed by atoms with Crippen molar-refractivity contribution in [2.75, 3.05) is 32.2 Å². The molecule has 34 heavy (non-hydrogen) atoms. The minimum atomic E-state index is -0.613. The van der Waals surface area contributed by atoms with Crippen molar-refractivity contribution in [3.63, 3.8) is 0 Å². The van der Waals surface area contributed by atoms with Gasteiger partial charge in [-0.3, -0.25) is 0 Å². The van der Waals surface area contributed by atoms with E-state index in [-0.39, 0.29) is 0 Å². The Labute approximate surface area is 198 Å². The summed E-state index contributed by atoms with van der Waals surface area (Å²) in [6, 6.07) is 15.5. The largest absolute Gasteiger partial charge is 0.493 e. The number of carbonyl (C=O) groups excluding carboxylic acids is 1. The van der Waals surface area contributed by atoms with Crippen molar-refractivity contribution in [3.05, 3.63) is 71.0 Å². The molecule has 3 aromatic rings. The van der Waals surface area contributed by atoms with Crippen LogP contribution >= 0.6 is 0 Å². The van der Waals surface area contributed by atoms with Gasteiger partial charge in [-0.05, 0) is 56.2 Å². The van der Waals surface area contributed by atoms with Gasteiger partial charge in [-0.15, -0.1) is 0 Å². The zero-order valence-corrected chi connectivity index (χ0v) is 19.6. The van der Waals surface area contributed by atoms with Crippen molar-refractivity contribution in [2.24, 2.45) is 0 Å². The van der Waals surface area contributed by atoms with Crippen molar-refractivity contribution in [1.82, 2.24) is 15.1 Å². The van der Waals surface area contributed by atoms with E-state index < -0.39 is 12.2 Å². The molecule has 2 saturated heterocycles. The quantitative estimate of drug-likeness (QED) is 0.440. The molecule has 2 aliphatic rings. The van der Waals surface area contributed by atoms with Gasteiger partial charge in [0, 0.05) is 24.2 Å². The van der Waals surface area contributed by atoms with Gasteiger partial charge in [0.05, 0.1) is 25.6 Å². The van der Waals surface area contributed by atoms with Crippen LogP contribution < -0.4 is 19.7 Å². The van der Waals surface area contributed by atoms with Crippen molar-refractivity contribution in [1.29, 1.82) is 0 Å². The lowest BCUT2D eigenvalue weighted by Crippen LogP contribution is -2.22. The summed E-state index contributed by atoms with van der Waals surface area (Å²) in [6.45, 7) is 3.89. The van der Waals surface area contributed by atoms with Crippen LogP contribution in [0.25, 0.3) is 11.8 Å². The number of aryl methyl sites for hydroxylation is 1. The minimum absolute atomic E-state index is 0.399. The number of methoxy groups -OCH3 is 2. The summed E-state index contributed by atoms with van der Waals surface area (Å²) >= 11 is 0. The van der Waals surface area contributed by atoms with Crippen LogP contribution in [0.15, 0.2) is 54.2 Å². The molecule has 3 heterocycles. The predicted molar refractivity (Wildman–Crippen MR) is 129 cm³/mol. The van der Waals surface area contributed by atoms with Crippen LogP contribution in [0.4, 0.5) is 5.82 Å². The first-order chi connectivity index (χ1) is 16.6. The number of benzene rings is 2. The maximum atomic E-state index is 12.8. The first-order valence-electron chi connectivity index (χ1n) is 11.4. The highest BCUT2D eigenvalue weighted by Crippen LogP contribution is 2.35. The number of rotatable bonds is 6. The van der Waals surface area contributed by atoms with Gasteiger partial charge >= 0.3 is 5.97 Å². The van der Waals surface area contributed by atoms with Gasteiger partial charge in [-0.1, -0.05) is 18.2 Å². The lowest BCUT2D eigenvalue weighted by Gasteiger charge is -2.20. The molecule has 2 fully saturated rings. The van der Waals surface area contributed by atoms with Gasteiger partial charge in [-0.25, -0.2) is 9.48 Å². The fourth-order valence-electron chi connectivity index (χ4n) is 4.49. The van der Waals surface area contributed by atoms with Crippen molar-refractivity contribution in [3.8, 4) is 17.2 Å². The SMILES string of the molecule is COc1ccc([C@H]2N/C(=C/c3c(C)nn(-c4ccccc4)c3N3CCCC3)C(=O)O2)cc1OC. The number of nitrogens with zero attached hydrogens (tertiary/aromatic N) is 3. The molecular formula is C26H28N4O4. The van der Waals surface area contributed by atoms with Crippen LogP contribution in [0.2, 0.25) is 0 Å². The summed E-state index contributed by atoms with van der Waals surface area (Å²) in [5, 5.41) is 8.06. The zero-order chi connectivity index (χ0) is 23.7. The maximum Gasteiger partial charge on any atom is 0.356 e. The van der Waals surface area contributed by atoms with E-state index in [2.05, 4.69) is 10.2 Å². The smallest absolute Gasteiger partial charge is 0.356 e. The van der Waals surface area contributed by atoms with Crippen molar-refractivity contribution >= 4 is 17.9 Å². The van der Waals surface area contributed by atoms with Crippen LogP contribution in [0.1, 0.15) is 35.9 Å². The van der Waals surface area contributed by atoms with E-state index in [1.165, 1.54) is 0 Å². The van der Waals surface area contributed by atoms with Crippen LogP contribution in [0.3, 0.4) is 0 Å². The van der Waals surface area contributed by atoms with E-state index in [0.717, 1.165) is 54.3 Å². The van der Waals surface area contributed by atoms with E-state index in [4.69, 9.17) is 19.3 Å². The Morgan fingerprint density at radius 1 is 1.06 bits per heavy atom. The molecular weight excluding hydrogens is 432 g/mol. The Balaban J connectivity index is 1.51. The summed E-state index contributed by atoms with van der Waals surface area (Å²) in [6.07, 6.45) is 3.52. The molecule has 1 N–H and O–H groups in total. The number of hydrogen-bond acceptors (Lipinski definition) is 7. The molecule has 176 valence electrons. The summed E-state index contributed by atoms with van der Waals surface area (Å²) in [5.74, 6) is 1.79. The number of aromatic nitrogens is 2. The van der Waals surface area contributed by atoms with E-state index in [1.54, 1.807) is 26.4 Å². The lowest BCUT2D eigenvalue weighted by molar-refractivity contribution is -0.139. The number of hydrogen-bond donors (Lipinski definition) is 1. The molecule has 1 aromatic heterocycles. The normalized spacial score (nSPS) is 18.8. The standard InChI is InChI=1S/C26H28N4O4/c1-17-20(25(29-13-7-8-14-29)30(28-17)19-9-5-4-6-10-19)16-21-26(31)34-24(27-21)18-11-12-22(32-2)23(15-18)33-3/h4-6,9-12,15-16,24,27H,7-8,13-14H2,1-3H3/b21-16+/t24-/m0/s1. The summed E-state index contributed by atoms with van der Waals surface area (Å²) in [4.78, 5) is 15.1. The molecule has 8 heteroatoms. The molecule has 0 spiro atoms. The third kappa shape index (κ3) is 3.96. The number of anilines is 1. The van der Waals surface area contributed by atoms with E-state index in [9.17, 15) is 4.79 Å². The molecule has 0 saturated carbocycles. The molecule has 1 atom stereocenters. The first-order valence-corrected chi connectivity index (χ1v) is 11.4. The Morgan fingerprint density at radius 2 is 1.79 bits per heavy atom. The highest BCUT2D eigenvalue weighted by Gasteiger charge is 2.32. The van der Waals surface area contributed by atoms with E-state index in [1.807, 2.05) is 54.1 Å². The van der Waals surface area contributed by atoms with Crippen LogP contribution in [-0.2, 0) is 9.53 Å². The average Bonchev–Trinajstić information content (AvgIpc) is 3.59. The average molecular weight is 461 g/mol. The van der Waals surface area contributed by atoms with Crippen LogP contribution in [0, 0.1) is 6.92 Å². The van der Waals surface area contributed by atoms with Gasteiger partial charge in [0.2, 0.25) is 0 Å². The number of ether oxygens (including phenoxy) is 3. The highest BCUT2D eigenvalue weighted by atomic mass is 16.6. The molecule has 5 rings (SSSR count). The molecule has 0 amide bonds. The number of carbonyl (C=O) groups is 1. The third-order valence-electron chi connectivity index (χ3n) is 6.22. The highest BCUT2D eigenvalue weighted by molar-refractivity contribution is 5.96. The lowest BCUT2D eigenvalue weighted by atomic mass is 10.1. The van der Waals surface area contributed by atoms with Crippen LogP contribution in [-0.4, -0.2) is 43.1 Å². The number of cyclic esters (lactones) is 1. The summed E-state index contributed by atoms with van der Waals surface area (Å²) < 4.78 is 18.3. The van der Waals surface area contributed by atoms with Crippen molar-refractivity contribution < 1.29 is 19.0 Å². The topological polar surface area (TPSA) is 77.9 Å². The molecule has 0 bridgehead atoms. The minimum Gasteiger partial charge on any atom is -0.493 e. The second-order valence-corrected chi connectivity index (χ2v) is 8.37. The Hall–Kier alpha value is -3.94. The zero-order valence-electron chi connectivity index (χ0n) is 19.6. The Bertz CT molecular complexity index is 1230. The third-order valence-corrected chi connectivity index (χ3v) is 6.22. The Morgan fingerprint density at radius 3 is 2.50 bits per heavy atom. The van der Waals surface area contributed by atoms with Gasteiger partial charge in [0.25, 0.3) is 0 Å². The predicted octanol–water partition coefficient (Wildman–Crippen LogP) is 3.98. The van der Waals surface area contributed by atoms with E-state index >= 15 is 0 Å². The van der Waals surface area contributed by atoms with Gasteiger partial charge in [0.1, 0.15) is 11.5 Å². The van der Waals surface area contributed by atoms with Gasteiger partial charge < -0.3 is 24.4 Å². The molecule has 2 aromatic carbocycles. The van der Waals surface area contributed by atoms with Gasteiger partial charge in [-0.2, -0.15) is 5.10 Å². The molecule has 0 unspecified atom stereocenters. The second kappa shape index (κ2) is 9.13. The fourth-order valence-corrected chi connectivity index (χ4v) is 4.49. The molecule has 8 nitrogen and oxygen atoms in total. The number of esters is 1. The molecule has 2 aliphatic heterocycles. The van der Waals surface area contributed by atoms with Gasteiger partial charge in [0.15, 0.2) is 17.7 Å². The number of para-hydroxylation sites is 1. The summed E-state index contributed by atoms with van der Waals surface area (Å²) in [5.41, 5.74) is 3.92. The maximum absolute atomic E-state index is 12.8. The first kappa shape index (κ1) is 21.9. The molecule has 0 aliphatic carbocycles. The fraction of sp³-hybridized carbons (Fsp3) is 0.308. The van der Waals surface area contributed by atoms with Crippen molar-refractivity contribution in [2.45, 2.75) is 26.0 Å². The monoisotopic (exact) mass is 460 g/mol. The number of nitrogens with one attached hydrogen (secondary N) is 1. The Kier molecular flexibility index (Phi) is 5.88. The second-order valence-electron chi connectivity index (χ2n) is 8.37. The van der Waals surface area contributed by atoms with E-state index in [0.29, 0.717) is 17.2 Å². The van der Waals surface area contributed by atoms with Crippen LogP contribution in [0.5, 0.6) is 11.5 Å². The summed E-state index contributed by atoms with van der Waals surface area (Å²) in [7, 11) is 3.16. The molecule has 0 radical (unpaired) electrons.